The van der Waals surface area contributed by atoms with Crippen molar-refractivity contribution in [2.24, 2.45) is 7.05 Å². The highest BCUT2D eigenvalue weighted by Crippen LogP contribution is 2.30. The number of benzene rings is 1. The molecule has 2 aromatic rings. The van der Waals surface area contributed by atoms with Gasteiger partial charge in [-0.15, -0.1) is 0 Å². The van der Waals surface area contributed by atoms with E-state index in [0.29, 0.717) is 33.8 Å². The molecular formula is C26H34N2O5. The van der Waals surface area contributed by atoms with Crippen LogP contribution in [0.4, 0.5) is 0 Å². The van der Waals surface area contributed by atoms with Gasteiger partial charge in [-0.25, -0.2) is 4.79 Å². The molecule has 1 aliphatic rings. The third-order valence-electron chi connectivity index (χ3n) is 6.87. The fraction of sp³-hybridized carbons (Fsp3) is 0.500. The van der Waals surface area contributed by atoms with Crippen LogP contribution in [0, 0.1) is 13.8 Å². The van der Waals surface area contributed by atoms with Crippen molar-refractivity contribution in [2.45, 2.75) is 65.0 Å². The van der Waals surface area contributed by atoms with Crippen molar-refractivity contribution in [1.29, 1.82) is 0 Å². The van der Waals surface area contributed by atoms with Crippen LogP contribution in [-0.4, -0.2) is 53.4 Å². The number of aromatic nitrogens is 1. The van der Waals surface area contributed by atoms with Crippen molar-refractivity contribution >= 4 is 17.7 Å². The number of carbonyl (C=O) groups excluding carboxylic acids is 3. The fourth-order valence-corrected chi connectivity index (χ4v) is 4.98. The topological polar surface area (TPSA) is 77.8 Å². The molecule has 0 aliphatic heterocycles. The second-order valence-corrected chi connectivity index (χ2v) is 8.76. The van der Waals surface area contributed by atoms with Crippen molar-refractivity contribution in [3.05, 3.63) is 52.3 Å². The molecule has 3 rings (SSSR count). The first-order valence-electron chi connectivity index (χ1n) is 11.5. The quantitative estimate of drug-likeness (QED) is 0.455. The maximum atomic E-state index is 13.8. The predicted octanol–water partition coefficient (Wildman–Crippen LogP) is 4.48. The minimum absolute atomic E-state index is 0.0131. The highest BCUT2D eigenvalue weighted by Gasteiger charge is 2.36. The zero-order valence-electron chi connectivity index (χ0n) is 20.4. The molecule has 1 aliphatic carbocycles. The normalized spacial score (nSPS) is 15.1. The monoisotopic (exact) mass is 454 g/mol. The molecule has 1 heterocycles. The number of Topliss-reactive ketones (excluding diaryl/α,β-unsaturated/α-hetero) is 1. The van der Waals surface area contributed by atoms with E-state index < -0.39 is 12.0 Å². The third kappa shape index (κ3) is 4.68. The van der Waals surface area contributed by atoms with Crippen LogP contribution in [0.5, 0.6) is 5.75 Å². The van der Waals surface area contributed by atoms with Crippen molar-refractivity contribution in [3.63, 3.8) is 0 Å². The molecule has 0 N–H and O–H groups in total. The smallest absolute Gasteiger partial charge is 0.354 e. The maximum absolute atomic E-state index is 13.8. The van der Waals surface area contributed by atoms with Crippen LogP contribution in [0.2, 0.25) is 0 Å². The van der Waals surface area contributed by atoms with E-state index in [0.717, 1.165) is 32.1 Å². The van der Waals surface area contributed by atoms with Crippen molar-refractivity contribution in [2.75, 3.05) is 14.2 Å². The summed E-state index contributed by atoms with van der Waals surface area (Å²) >= 11 is 0. The molecule has 33 heavy (non-hydrogen) atoms. The van der Waals surface area contributed by atoms with Crippen molar-refractivity contribution in [3.8, 4) is 5.75 Å². The number of amides is 1. The van der Waals surface area contributed by atoms with Crippen LogP contribution < -0.4 is 4.74 Å². The van der Waals surface area contributed by atoms with E-state index in [-0.39, 0.29) is 17.7 Å². The lowest BCUT2D eigenvalue weighted by molar-refractivity contribution is 0.0486. The molecule has 1 aromatic carbocycles. The molecule has 1 atom stereocenters. The molecule has 0 bridgehead atoms. The van der Waals surface area contributed by atoms with E-state index in [4.69, 9.17) is 9.47 Å². The zero-order valence-corrected chi connectivity index (χ0v) is 20.4. The second kappa shape index (κ2) is 10.2. The number of ether oxygens (including phenoxy) is 2. The van der Waals surface area contributed by atoms with Gasteiger partial charge in [0.15, 0.2) is 5.78 Å². The predicted molar refractivity (Wildman–Crippen MR) is 126 cm³/mol. The van der Waals surface area contributed by atoms with E-state index >= 15 is 0 Å². The molecule has 1 fully saturated rings. The minimum Gasteiger partial charge on any atom is -0.497 e. The molecule has 0 saturated heterocycles. The first-order chi connectivity index (χ1) is 15.7. The van der Waals surface area contributed by atoms with E-state index in [1.165, 1.54) is 7.11 Å². The van der Waals surface area contributed by atoms with Crippen LogP contribution in [0.1, 0.15) is 81.5 Å². The standard InChI is InChI=1S/C26H34N2O5/c1-16-22(17(2)27(4)23(16)26(31)33-6)24(29)18(3)28(20-12-8-7-9-13-20)25(30)19-11-10-14-21(15-19)32-5/h10-11,14-15,18,20H,7-9,12-13H2,1-6H3. The number of methoxy groups -OCH3 is 2. The van der Waals surface area contributed by atoms with Crippen molar-refractivity contribution < 1.29 is 23.9 Å². The van der Waals surface area contributed by atoms with Crippen LogP contribution in [-0.2, 0) is 11.8 Å². The lowest BCUT2D eigenvalue weighted by Gasteiger charge is -2.38. The first kappa shape index (κ1) is 24.6. The Balaban J connectivity index is 2.03. The number of esters is 1. The Morgan fingerprint density at radius 2 is 1.76 bits per heavy atom. The maximum Gasteiger partial charge on any atom is 0.354 e. The van der Waals surface area contributed by atoms with Gasteiger partial charge in [-0.3, -0.25) is 9.59 Å². The largest absolute Gasteiger partial charge is 0.497 e. The average Bonchev–Trinajstić information content (AvgIpc) is 3.06. The molecule has 1 aromatic heterocycles. The number of rotatable bonds is 7. The van der Waals surface area contributed by atoms with E-state index in [1.807, 2.05) is 6.92 Å². The van der Waals surface area contributed by atoms with Gasteiger partial charge in [-0.05, 0) is 57.4 Å². The summed E-state index contributed by atoms with van der Waals surface area (Å²) < 4.78 is 11.9. The molecule has 7 nitrogen and oxygen atoms in total. The van der Waals surface area contributed by atoms with E-state index in [9.17, 15) is 14.4 Å². The van der Waals surface area contributed by atoms with Gasteiger partial charge in [0.05, 0.1) is 20.3 Å². The summed E-state index contributed by atoms with van der Waals surface area (Å²) in [5.41, 5.74) is 2.59. The Morgan fingerprint density at radius 1 is 1.09 bits per heavy atom. The van der Waals surface area contributed by atoms with E-state index in [2.05, 4.69) is 0 Å². The molecule has 178 valence electrons. The Kier molecular flexibility index (Phi) is 7.61. The molecule has 0 spiro atoms. The van der Waals surface area contributed by atoms with Crippen LogP contribution >= 0.6 is 0 Å². The zero-order chi connectivity index (χ0) is 24.3. The molecule has 0 radical (unpaired) electrons. The number of hydrogen-bond acceptors (Lipinski definition) is 5. The second-order valence-electron chi connectivity index (χ2n) is 8.76. The van der Waals surface area contributed by atoms with Gasteiger partial charge < -0.3 is 18.9 Å². The summed E-state index contributed by atoms with van der Waals surface area (Å²) in [5.74, 6) is -0.235. The number of ketones is 1. The fourth-order valence-electron chi connectivity index (χ4n) is 4.98. The number of hydrogen-bond donors (Lipinski definition) is 0. The number of nitrogens with zero attached hydrogens (tertiary/aromatic N) is 2. The molecule has 1 amide bonds. The van der Waals surface area contributed by atoms with Gasteiger partial charge in [0.1, 0.15) is 11.4 Å². The Labute approximate surface area is 195 Å². The third-order valence-corrected chi connectivity index (χ3v) is 6.87. The van der Waals surface area contributed by atoms with Gasteiger partial charge in [0.25, 0.3) is 5.91 Å². The van der Waals surface area contributed by atoms with Crippen molar-refractivity contribution in [1.82, 2.24) is 9.47 Å². The Hall–Kier alpha value is -3.09. The summed E-state index contributed by atoms with van der Waals surface area (Å²) in [4.78, 5) is 41.6. The Morgan fingerprint density at radius 3 is 2.36 bits per heavy atom. The summed E-state index contributed by atoms with van der Waals surface area (Å²) in [6.45, 7) is 5.36. The average molecular weight is 455 g/mol. The van der Waals surface area contributed by atoms with Gasteiger partial charge >= 0.3 is 5.97 Å². The van der Waals surface area contributed by atoms with E-state index in [1.54, 1.807) is 61.7 Å². The summed E-state index contributed by atoms with van der Waals surface area (Å²) in [7, 11) is 4.64. The van der Waals surface area contributed by atoms with Crippen LogP contribution in [0.15, 0.2) is 24.3 Å². The van der Waals surface area contributed by atoms with Gasteiger partial charge in [0, 0.05) is 29.9 Å². The van der Waals surface area contributed by atoms with Gasteiger partial charge in [0.2, 0.25) is 0 Å². The molecule has 1 saturated carbocycles. The van der Waals surface area contributed by atoms with Crippen LogP contribution in [0.3, 0.4) is 0 Å². The first-order valence-corrected chi connectivity index (χ1v) is 11.5. The molecule has 1 unspecified atom stereocenters. The SMILES string of the molecule is COC(=O)c1c(C)c(C(=O)C(C)N(C(=O)c2cccc(OC)c2)C2CCCCC2)c(C)n1C. The lowest BCUT2D eigenvalue weighted by atomic mass is 9.90. The van der Waals surface area contributed by atoms with Crippen LogP contribution in [0.25, 0.3) is 0 Å². The summed E-state index contributed by atoms with van der Waals surface area (Å²) in [6, 6.07) is 6.35. The highest BCUT2D eigenvalue weighted by atomic mass is 16.5. The summed E-state index contributed by atoms with van der Waals surface area (Å²) in [5, 5.41) is 0. The Bertz CT molecular complexity index is 1050. The minimum atomic E-state index is -0.683. The highest BCUT2D eigenvalue weighted by molar-refractivity contribution is 6.07. The van der Waals surface area contributed by atoms with Gasteiger partial charge in [-0.1, -0.05) is 25.3 Å². The lowest BCUT2D eigenvalue weighted by Crippen LogP contribution is -2.50. The molecule has 7 heteroatoms. The summed E-state index contributed by atoms with van der Waals surface area (Å²) in [6.07, 6.45) is 4.94. The number of carbonyl (C=O) groups is 3. The van der Waals surface area contributed by atoms with Gasteiger partial charge in [-0.2, -0.15) is 0 Å². The molecular weight excluding hydrogens is 420 g/mol.